The molecule has 0 saturated carbocycles. The Bertz CT molecular complexity index is 1730. The van der Waals surface area contributed by atoms with Gasteiger partial charge in [-0.1, -0.05) is 67.7 Å². The summed E-state index contributed by atoms with van der Waals surface area (Å²) in [5.41, 5.74) is 2.82. The quantitative estimate of drug-likeness (QED) is 0.146. The van der Waals surface area contributed by atoms with E-state index < -0.39 is 8.07 Å². The largest absolute Gasteiger partial charge is 0.497 e. The maximum atomic E-state index is 14.3. The third-order valence-electron chi connectivity index (χ3n) is 9.93. The summed E-state index contributed by atoms with van der Waals surface area (Å²) < 4.78 is 23.7. The van der Waals surface area contributed by atoms with Crippen LogP contribution in [0.3, 0.4) is 0 Å². The molecule has 4 atom stereocenters. The van der Waals surface area contributed by atoms with E-state index in [0.717, 1.165) is 16.9 Å². The SMILES string of the molecule is COc1ccc(C(=O)Nc2ccc3c(c2)[C@@H](OC)[C@H](C)[C@@H](C(CC(=O)N(CCO)Cc2ccccc2)[Si](C)(C)c2ccc(OC)cc2)O3)cc1. The Morgan fingerprint density at radius 1 is 0.900 bits per heavy atom. The van der Waals surface area contributed by atoms with Gasteiger partial charge >= 0.3 is 0 Å². The van der Waals surface area contributed by atoms with Gasteiger partial charge in [0.1, 0.15) is 23.4 Å². The number of hydrogen-bond acceptors (Lipinski definition) is 7. The van der Waals surface area contributed by atoms with Gasteiger partial charge in [0.05, 0.1) is 35.0 Å². The lowest BCUT2D eigenvalue weighted by atomic mass is 9.86. The molecule has 1 heterocycles. The molecule has 264 valence electrons. The highest BCUT2D eigenvalue weighted by molar-refractivity contribution is 6.91. The van der Waals surface area contributed by atoms with Gasteiger partial charge in [-0.25, -0.2) is 0 Å². The van der Waals surface area contributed by atoms with E-state index in [9.17, 15) is 14.7 Å². The van der Waals surface area contributed by atoms with Gasteiger partial charge in [0.2, 0.25) is 5.91 Å². The number of nitrogens with one attached hydrogen (secondary N) is 1. The molecule has 2 amide bonds. The van der Waals surface area contributed by atoms with E-state index in [2.05, 4.69) is 37.5 Å². The highest BCUT2D eigenvalue weighted by Gasteiger charge is 2.48. The van der Waals surface area contributed by atoms with E-state index in [1.54, 1.807) is 50.5 Å². The minimum absolute atomic E-state index is 0.0332. The highest BCUT2D eigenvalue weighted by Crippen LogP contribution is 2.48. The number of benzene rings is 4. The number of ether oxygens (including phenoxy) is 4. The Hall–Kier alpha value is -4.64. The number of amides is 2. The van der Waals surface area contributed by atoms with E-state index >= 15 is 0 Å². The standard InChI is InChI=1S/C40H48N2O7Si/c1-27-38(48-4)34-24-30(41-40(45)29-12-15-31(46-2)16-13-29)14-21-35(34)49-39(27)36(50(5,6)33-19-17-32(47-3)18-20-33)25-37(44)42(22-23-43)26-28-10-8-7-9-11-28/h7-21,24,27,36,38-39,43H,22-23,25-26H2,1-6H3,(H,41,45)/t27-,36?,38-,39-/m0/s1. The fourth-order valence-corrected chi connectivity index (χ4v) is 10.3. The molecule has 1 unspecified atom stereocenters. The zero-order valence-corrected chi connectivity index (χ0v) is 30.7. The van der Waals surface area contributed by atoms with E-state index in [4.69, 9.17) is 18.9 Å². The second-order valence-electron chi connectivity index (χ2n) is 13.3. The van der Waals surface area contributed by atoms with Crippen LogP contribution in [-0.4, -0.2) is 70.5 Å². The molecule has 4 aromatic carbocycles. The summed E-state index contributed by atoms with van der Waals surface area (Å²) in [5, 5.41) is 14.1. The van der Waals surface area contributed by atoms with E-state index in [0.29, 0.717) is 29.3 Å². The highest BCUT2D eigenvalue weighted by atomic mass is 28.3. The van der Waals surface area contributed by atoms with Crippen LogP contribution in [0.2, 0.25) is 18.6 Å². The second-order valence-corrected chi connectivity index (χ2v) is 18.1. The van der Waals surface area contributed by atoms with E-state index in [1.807, 2.05) is 60.7 Å². The van der Waals surface area contributed by atoms with Crippen LogP contribution < -0.4 is 24.7 Å². The molecule has 5 rings (SSSR count). The normalized spacial score (nSPS) is 17.5. The first kappa shape index (κ1) is 36.6. The van der Waals surface area contributed by atoms with Crippen molar-refractivity contribution in [2.24, 2.45) is 5.92 Å². The zero-order chi connectivity index (χ0) is 35.8. The van der Waals surface area contributed by atoms with Crippen molar-refractivity contribution in [3.8, 4) is 17.2 Å². The van der Waals surface area contributed by atoms with Gasteiger partial charge in [-0.15, -0.1) is 0 Å². The van der Waals surface area contributed by atoms with Crippen LogP contribution in [-0.2, 0) is 16.1 Å². The first-order chi connectivity index (χ1) is 24.1. The number of anilines is 1. The number of hydrogen-bond donors (Lipinski definition) is 2. The molecular weight excluding hydrogens is 649 g/mol. The number of methoxy groups -OCH3 is 3. The lowest BCUT2D eigenvalue weighted by molar-refractivity contribution is -0.133. The van der Waals surface area contributed by atoms with Gasteiger partial charge in [-0.05, 0) is 60.2 Å². The van der Waals surface area contributed by atoms with Crippen LogP contribution in [0.5, 0.6) is 17.2 Å². The first-order valence-corrected chi connectivity index (χ1v) is 20.0. The van der Waals surface area contributed by atoms with Crippen molar-refractivity contribution in [3.63, 3.8) is 0 Å². The number of nitrogens with zero attached hydrogens (tertiary/aromatic N) is 1. The van der Waals surface area contributed by atoms with Crippen LogP contribution in [0.1, 0.15) is 40.9 Å². The third-order valence-corrected chi connectivity index (χ3v) is 14.1. The maximum Gasteiger partial charge on any atom is 0.255 e. The minimum Gasteiger partial charge on any atom is -0.497 e. The van der Waals surface area contributed by atoms with E-state index in [-0.39, 0.29) is 55.1 Å². The molecule has 0 radical (unpaired) electrons. The number of fused-ring (bicyclic) bond motifs is 1. The molecular formula is C40H48N2O7Si. The average molecular weight is 697 g/mol. The molecule has 0 aromatic heterocycles. The van der Waals surface area contributed by atoms with Crippen LogP contribution >= 0.6 is 0 Å². The Balaban J connectivity index is 1.47. The van der Waals surface area contributed by atoms with Crippen molar-refractivity contribution < 1.29 is 33.6 Å². The molecule has 0 aliphatic carbocycles. The fourth-order valence-electron chi connectivity index (χ4n) is 6.95. The maximum absolute atomic E-state index is 14.3. The summed E-state index contributed by atoms with van der Waals surface area (Å²) in [6.45, 7) is 7.19. The Morgan fingerprint density at radius 3 is 2.14 bits per heavy atom. The predicted molar refractivity (Wildman–Crippen MR) is 198 cm³/mol. The number of carbonyl (C=O) groups excluding carboxylic acids is 2. The van der Waals surface area contributed by atoms with Crippen molar-refractivity contribution in [3.05, 3.63) is 114 Å². The van der Waals surface area contributed by atoms with Crippen molar-refractivity contribution in [1.82, 2.24) is 4.90 Å². The number of carbonyl (C=O) groups is 2. The average Bonchev–Trinajstić information content (AvgIpc) is 3.14. The molecule has 0 spiro atoms. The van der Waals surface area contributed by atoms with Gasteiger partial charge in [0.15, 0.2) is 0 Å². The summed E-state index contributed by atoms with van der Waals surface area (Å²) in [7, 11) is 2.47. The molecule has 0 saturated heterocycles. The smallest absolute Gasteiger partial charge is 0.255 e. The summed E-state index contributed by atoms with van der Waals surface area (Å²) in [4.78, 5) is 29.1. The molecule has 1 aliphatic rings. The van der Waals surface area contributed by atoms with Gasteiger partial charge in [-0.3, -0.25) is 9.59 Å². The van der Waals surface area contributed by atoms with Crippen LogP contribution in [0.15, 0.2) is 97.1 Å². The zero-order valence-electron chi connectivity index (χ0n) is 29.7. The molecule has 10 heteroatoms. The van der Waals surface area contributed by atoms with Crippen LogP contribution in [0, 0.1) is 5.92 Å². The summed E-state index contributed by atoms with van der Waals surface area (Å²) in [6.07, 6.45) is -0.458. The van der Waals surface area contributed by atoms with Gasteiger partial charge in [0.25, 0.3) is 5.91 Å². The van der Waals surface area contributed by atoms with Crippen molar-refractivity contribution in [1.29, 1.82) is 0 Å². The summed E-state index contributed by atoms with van der Waals surface area (Å²) in [5.74, 6) is 1.70. The predicted octanol–water partition coefficient (Wildman–Crippen LogP) is 6.44. The molecule has 0 fully saturated rings. The van der Waals surface area contributed by atoms with Crippen molar-refractivity contribution in [2.45, 2.75) is 50.7 Å². The third kappa shape index (κ3) is 8.21. The number of rotatable bonds is 14. The lowest BCUT2D eigenvalue weighted by Crippen LogP contribution is -2.55. The van der Waals surface area contributed by atoms with Crippen LogP contribution in [0.4, 0.5) is 5.69 Å². The Labute approximate surface area is 296 Å². The molecule has 50 heavy (non-hydrogen) atoms. The van der Waals surface area contributed by atoms with Gasteiger partial charge in [0, 0.05) is 54.9 Å². The molecule has 0 bridgehead atoms. The van der Waals surface area contributed by atoms with Crippen molar-refractivity contribution in [2.75, 3.05) is 39.8 Å². The molecule has 2 N–H and O–H groups in total. The van der Waals surface area contributed by atoms with Crippen LogP contribution in [0.25, 0.3) is 0 Å². The lowest BCUT2D eigenvalue weighted by Gasteiger charge is -2.46. The molecule has 1 aliphatic heterocycles. The monoisotopic (exact) mass is 696 g/mol. The minimum atomic E-state index is -2.45. The molecule has 4 aromatic rings. The summed E-state index contributed by atoms with van der Waals surface area (Å²) in [6, 6.07) is 30.5. The van der Waals surface area contributed by atoms with Gasteiger partial charge in [-0.2, -0.15) is 0 Å². The van der Waals surface area contributed by atoms with Gasteiger partial charge < -0.3 is 34.3 Å². The fraction of sp³-hybridized carbons (Fsp3) is 0.350. The van der Waals surface area contributed by atoms with Crippen molar-refractivity contribution >= 4 is 30.8 Å². The number of aliphatic hydroxyl groups excluding tert-OH is 1. The van der Waals surface area contributed by atoms with E-state index in [1.165, 1.54) is 5.19 Å². The Kier molecular flexibility index (Phi) is 12.0. The second kappa shape index (κ2) is 16.4. The molecule has 9 nitrogen and oxygen atoms in total. The number of aliphatic hydroxyl groups is 1. The first-order valence-electron chi connectivity index (χ1n) is 17.0. The topological polar surface area (TPSA) is 107 Å². The Morgan fingerprint density at radius 2 is 1.54 bits per heavy atom. The summed E-state index contributed by atoms with van der Waals surface area (Å²) >= 11 is 0.